The van der Waals surface area contributed by atoms with Crippen LogP contribution in [0.15, 0.2) is 48.5 Å². The van der Waals surface area contributed by atoms with E-state index in [2.05, 4.69) is 5.32 Å². The van der Waals surface area contributed by atoms with Crippen LogP contribution in [0, 0.1) is 35.0 Å². The summed E-state index contributed by atoms with van der Waals surface area (Å²) in [6, 6.07) is 13.2. The molecule has 3 aromatic carbocycles. The van der Waals surface area contributed by atoms with Gasteiger partial charge in [0.15, 0.2) is 29.6 Å². The van der Waals surface area contributed by atoms with E-state index in [4.69, 9.17) is 14.6 Å². The quantitative estimate of drug-likeness (QED) is 0.131. The molecule has 1 aliphatic heterocycles. The highest BCUT2D eigenvalue weighted by Gasteiger charge is 2.38. The van der Waals surface area contributed by atoms with Crippen LogP contribution in [-0.2, 0) is 16.1 Å². The van der Waals surface area contributed by atoms with E-state index >= 15 is 0 Å². The van der Waals surface area contributed by atoms with Gasteiger partial charge in [-0.2, -0.15) is 11.8 Å². The summed E-state index contributed by atoms with van der Waals surface area (Å²) in [7, 11) is 0. The van der Waals surface area contributed by atoms with Crippen molar-refractivity contribution in [2.75, 3.05) is 23.4 Å². The molecule has 0 unspecified atom stereocenters. The number of ether oxygens (including phenoxy) is 2. The number of nitrogens with one attached hydrogen (secondary N) is 1. The molecule has 12 heteroatoms. The Labute approximate surface area is 231 Å². The van der Waals surface area contributed by atoms with E-state index in [1.54, 1.807) is 24.3 Å². The second-order valence-corrected chi connectivity index (χ2v) is 10.3. The summed E-state index contributed by atoms with van der Waals surface area (Å²) in [4.78, 5) is 12.4. The first-order chi connectivity index (χ1) is 19.2. The number of hydrogen-bond acceptors (Lipinski definition) is 6. The Morgan fingerprint density at radius 1 is 0.850 bits per heavy atom. The summed E-state index contributed by atoms with van der Waals surface area (Å²) in [5, 5.41) is 20.7. The molecule has 0 saturated carbocycles. The molecule has 0 bridgehead atoms. The average Bonchev–Trinajstić information content (AvgIpc) is 2.96. The normalized spacial score (nSPS) is 20.9. The van der Waals surface area contributed by atoms with E-state index in [9.17, 15) is 31.9 Å². The fourth-order valence-electron chi connectivity index (χ4n) is 4.30. The maximum Gasteiger partial charge on any atom is 0.261 e. The Hall–Kier alpha value is -3.03. The lowest BCUT2D eigenvalue weighted by atomic mass is 9.91. The highest BCUT2D eigenvalue weighted by molar-refractivity contribution is 7.99. The lowest BCUT2D eigenvalue weighted by molar-refractivity contribution is -0.268. The predicted octanol–water partition coefficient (Wildman–Crippen LogP) is 5.64. The van der Waals surface area contributed by atoms with Gasteiger partial charge in [-0.05, 0) is 23.3 Å². The first-order valence-corrected chi connectivity index (χ1v) is 13.4. The van der Waals surface area contributed by atoms with E-state index in [1.165, 1.54) is 23.9 Å². The van der Waals surface area contributed by atoms with Crippen molar-refractivity contribution in [1.29, 1.82) is 0 Å². The van der Waals surface area contributed by atoms with Crippen LogP contribution in [0.5, 0.6) is 0 Å². The minimum atomic E-state index is -2.35. The first kappa shape index (κ1) is 29.9. The van der Waals surface area contributed by atoms with Gasteiger partial charge < -0.3 is 25.0 Å². The van der Waals surface area contributed by atoms with Gasteiger partial charge in [-0.1, -0.05) is 43.3 Å². The summed E-state index contributed by atoms with van der Waals surface area (Å²) in [5.74, 6) is -11.7. The number of rotatable bonds is 9. The highest BCUT2D eigenvalue weighted by atomic mass is 32.2. The number of aliphatic hydroxyl groups is 2. The molecule has 1 amide bonds. The van der Waals surface area contributed by atoms with Crippen LogP contribution in [-0.4, -0.2) is 40.3 Å². The van der Waals surface area contributed by atoms with Crippen molar-refractivity contribution in [3.05, 3.63) is 99.9 Å². The fourth-order valence-corrected chi connectivity index (χ4v) is 5.21. The molecule has 3 aromatic rings. The van der Waals surface area contributed by atoms with Crippen molar-refractivity contribution >= 4 is 23.4 Å². The van der Waals surface area contributed by atoms with E-state index in [0.717, 1.165) is 11.1 Å². The van der Waals surface area contributed by atoms with E-state index in [1.807, 2.05) is 19.1 Å². The summed E-state index contributed by atoms with van der Waals surface area (Å²) >= 11 is 1.53. The Morgan fingerprint density at radius 2 is 1.43 bits per heavy atom. The maximum atomic E-state index is 14.0. The van der Waals surface area contributed by atoms with Gasteiger partial charge in [0, 0.05) is 28.7 Å². The van der Waals surface area contributed by atoms with Crippen molar-refractivity contribution in [1.82, 2.24) is 0 Å². The minimum absolute atomic E-state index is 0.0237. The number of anilines is 1. The molecule has 0 spiro atoms. The van der Waals surface area contributed by atoms with Gasteiger partial charge in [0.05, 0.1) is 25.4 Å². The largest absolute Gasteiger partial charge is 0.396 e. The zero-order valence-electron chi connectivity index (χ0n) is 21.2. The van der Waals surface area contributed by atoms with Crippen molar-refractivity contribution in [3.63, 3.8) is 0 Å². The van der Waals surface area contributed by atoms with Gasteiger partial charge >= 0.3 is 0 Å². The van der Waals surface area contributed by atoms with E-state index in [0.29, 0.717) is 17.1 Å². The van der Waals surface area contributed by atoms with Gasteiger partial charge in [0.1, 0.15) is 5.56 Å². The van der Waals surface area contributed by atoms with Gasteiger partial charge in [-0.25, -0.2) is 22.0 Å². The molecule has 0 radical (unpaired) electrons. The zero-order valence-corrected chi connectivity index (χ0v) is 22.0. The number of amides is 1. The Morgan fingerprint density at radius 3 is 2.00 bits per heavy atom. The second-order valence-electron chi connectivity index (χ2n) is 9.14. The molecule has 40 heavy (non-hydrogen) atoms. The second kappa shape index (κ2) is 13.1. The summed E-state index contributed by atoms with van der Waals surface area (Å²) in [5.41, 5.74) is 0.621. The third-order valence-electron chi connectivity index (χ3n) is 6.52. The van der Waals surface area contributed by atoms with Crippen molar-refractivity contribution in [2.45, 2.75) is 32.0 Å². The van der Waals surface area contributed by atoms with Crippen LogP contribution < -0.4 is 5.32 Å². The average molecular weight is 584 g/mol. The van der Waals surface area contributed by atoms with E-state index in [-0.39, 0.29) is 37.0 Å². The molecule has 3 N–H and O–H groups in total. The molecule has 1 fully saturated rings. The van der Waals surface area contributed by atoms with Gasteiger partial charge in [0.2, 0.25) is 5.82 Å². The summed E-state index contributed by atoms with van der Waals surface area (Å²) in [6.45, 7) is 1.92. The molecule has 1 saturated heterocycles. The number of benzene rings is 3. The lowest BCUT2D eigenvalue weighted by Crippen LogP contribution is -2.38. The Balaban J connectivity index is 1.54. The number of halogens is 5. The summed E-state index contributed by atoms with van der Waals surface area (Å²) in [6.07, 6.45) is -1.47. The van der Waals surface area contributed by atoms with Gasteiger partial charge in [0.25, 0.3) is 5.91 Å². The number of carbonyl (C=O) groups is 1. The van der Waals surface area contributed by atoms with Crippen molar-refractivity contribution in [2.24, 2.45) is 5.92 Å². The molecular weight excluding hydrogens is 557 g/mol. The third kappa shape index (κ3) is 6.31. The van der Waals surface area contributed by atoms with Crippen molar-refractivity contribution < 1.29 is 46.4 Å². The molecular formula is C28H26F5NO5S. The standard InChI is InChI=1S/C28H26F5NO5S/c1-14-19(13-40-11-10-35)38-28(39-26(14)16-4-2-15(12-36)3-5-16)17-6-8-18(9-7-17)34-27(37)20-21(29)23(31)25(33)24(32)22(20)30/h2-9,14,19,26,28,35-36H,10-13H2,1H3,(H,34,37)/t14-,19+,26+,28+/m1/s1. The molecule has 4 rings (SSSR count). The van der Waals surface area contributed by atoms with Crippen LogP contribution >= 0.6 is 11.8 Å². The number of aliphatic hydroxyl groups excluding tert-OH is 2. The fraction of sp³-hybridized carbons (Fsp3) is 0.321. The Bertz CT molecular complexity index is 1310. The number of thioether (sulfide) groups is 1. The topological polar surface area (TPSA) is 88.0 Å². The smallest absolute Gasteiger partial charge is 0.261 e. The van der Waals surface area contributed by atoms with Crippen LogP contribution in [0.4, 0.5) is 27.6 Å². The Kier molecular flexibility index (Phi) is 9.80. The molecule has 0 aromatic heterocycles. The van der Waals surface area contributed by atoms with Crippen LogP contribution in [0.25, 0.3) is 0 Å². The monoisotopic (exact) mass is 583 g/mol. The molecule has 4 atom stereocenters. The van der Waals surface area contributed by atoms with Gasteiger partial charge in [-0.3, -0.25) is 4.79 Å². The van der Waals surface area contributed by atoms with Crippen molar-refractivity contribution in [3.8, 4) is 0 Å². The maximum absolute atomic E-state index is 14.0. The number of hydrogen-bond donors (Lipinski definition) is 3. The molecule has 1 aliphatic rings. The van der Waals surface area contributed by atoms with Crippen LogP contribution in [0.3, 0.4) is 0 Å². The molecule has 1 heterocycles. The SMILES string of the molecule is C[C@@H]1[C@H](CSCCO)O[C@H](c2ccc(NC(=O)c3c(F)c(F)c(F)c(F)c3F)cc2)O[C@@H]1c1ccc(CO)cc1. The highest BCUT2D eigenvalue weighted by Crippen LogP contribution is 2.42. The number of carbonyl (C=O) groups excluding carboxylic acids is 1. The first-order valence-electron chi connectivity index (χ1n) is 12.3. The van der Waals surface area contributed by atoms with Crippen LogP contribution in [0.1, 0.15) is 46.4 Å². The van der Waals surface area contributed by atoms with E-state index < -0.39 is 46.8 Å². The third-order valence-corrected chi connectivity index (χ3v) is 7.55. The minimum Gasteiger partial charge on any atom is -0.396 e. The molecule has 6 nitrogen and oxygen atoms in total. The molecule has 214 valence electrons. The van der Waals surface area contributed by atoms with Gasteiger partial charge in [-0.15, -0.1) is 0 Å². The predicted molar refractivity (Wildman–Crippen MR) is 138 cm³/mol. The molecule has 0 aliphatic carbocycles. The lowest BCUT2D eigenvalue weighted by Gasteiger charge is -2.41. The summed E-state index contributed by atoms with van der Waals surface area (Å²) < 4.78 is 80.9. The zero-order chi connectivity index (χ0) is 29.0. The van der Waals surface area contributed by atoms with Crippen LogP contribution in [0.2, 0.25) is 0 Å².